The van der Waals surface area contributed by atoms with Crippen LogP contribution in [0.1, 0.15) is 5.56 Å². The number of thioether (sulfide) groups is 1. The number of aryl methyl sites for hydroxylation is 1. The molecule has 1 saturated heterocycles. The van der Waals surface area contributed by atoms with Crippen molar-refractivity contribution in [3.05, 3.63) is 29.8 Å². The van der Waals surface area contributed by atoms with Crippen LogP contribution in [0.2, 0.25) is 0 Å². The van der Waals surface area contributed by atoms with Gasteiger partial charge in [-0.2, -0.15) is 13.2 Å². The van der Waals surface area contributed by atoms with E-state index in [0.29, 0.717) is 43.2 Å². The maximum absolute atomic E-state index is 12.1. The summed E-state index contributed by atoms with van der Waals surface area (Å²) in [6.07, 6.45) is -5.66. The van der Waals surface area contributed by atoms with Gasteiger partial charge in [0.2, 0.25) is 5.95 Å². The minimum atomic E-state index is -4.55. The number of carbonyl (C=O) groups is 1. The van der Waals surface area contributed by atoms with Crippen molar-refractivity contribution >= 4 is 23.8 Å². The molecule has 1 aromatic carbocycles. The van der Waals surface area contributed by atoms with Crippen LogP contribution in [-0.2, 0) is 9.47 Å². The molecule has 2 aromatic rings. The molecule has 0 radical (unpaired) electrons. The second-order valence-corrected chi connectivity index (χ2v) is 7.59. The highest BCUT2D eigenvalue weighted by molar-refractivity contribution is 7.99. The van der Waals surface area contributed by atoms with E-state index in [1.54, 1.807) is 0 Å². The second-order valence-electron chi connectivity index (χ2n) is 6.52. The number of hydrogen-bond acceptors (Lipinski definition) is 7. The number of nitrogens with one attached hydrogen (secondary N) is 1. The van der Waals surface area contributed by atoms with Crippen molar-refractivity contribution in [2.24, 2.45) is 0 Å². The number of alkyl halides is 3. The lowest BCUT2D eigenvalue weighted by Crippen LogP contribution is -2.37. The standard InChI is InChI=1S/C18H22F3N5O3S/c1-13-3-2-4-14(11-13)26-15(25-6-8-28-9-7-25)23-24-16(26)30-10-5-22-17(27)29-12-18(19,20)21/h2-4,11H,5-10,12H2,1H3,(H,22,27). The third-order valence-corrected chi connectivity index (χ3v) is 5.07. The predicted octanol–water partition coefficient (Wildman–Crippen LogP) is 2.79. The molecule has 1 fully saturated rings. The average molecular weight is 445 g/mol. The number of amides is 1. The molecule has 0 saturated carbocycles. The number of rotatable bonds is 7. The van der Waals surface area contributed by atoms with Gasteiger partial charge < -0.3 is 19.7 Å². The summed E-state index contributed by atoms with van der Waals surface area (Å²) in [6, 6.07) is 7.91. The molecule has 0 spiro atoms. The molecule has 12 heteroatoms. The molecule has 8 nitrogen and oxygen atoms in total. The highest BCUT2D eigenvalue weighted by atomic mass is 32.2. The number of hydrogen-bond donors (Lipinski definition) is 1. The van der Waals surface area contributed by atoms with Crippen LogP contribution in [-0.4, -0.2) is 72.2 Å². The van der Waals surface area contributed by atoms with Gasteiger partial charge in [0.15, 0.2) is 11.8 Å². The fraction of sp³-hybridized carbons (Fsp3) is 0.500. The molecular weight excluding hydrogens is 423 g/mol. The Morgan fingerprint density at radius 2 is 2.07 bits per heavy atom. The fourth-order valence-corrected chi connectivity index (χ4v) is 3.61. The topological polar surface area (TPSA) is 81.5 Å². The largest absolute Gasteiger partial charge is 0.440 e. The van der Waals surface area contributed by atoms with Gasteiger partial charge in [-0.3, -0.25) is 4.57 Å². The van der Waals surface area contributed by atoms with Gasteiger partial charge in [0.1, 0.15) is 0 Å². The number of nitrogens with zero attached hydrogens (tertiary/aromatic N) is 4. The van der Waals surface area contributed by atoms with E-state index >= 15 is 0 Å². The van der Waals surface area contributed by atoms with Gasteiger partial charge in [-0.15, -0.1) is 10.2 Å². The zero-order valence-corrected chi connectivity index (χ0v) is 17.1. The summed E-state index contributed by atoms with van der Waals surface area (Å²) in [5.74, 6) is 1.08. The molecule has 0 bridgehead atoms. The van der Waals surface area contributed by atoms with Crippen LogP contribution in [0.25, 0.3) is 5.69 Å². The number of ether oxygens (including phenoxy) is 2. The fourth-order valence-electron chi connectivity index (χ4n) is 2.81. The van der Waals surface area contributed by atoms with Crippen molar-refractivity contribution in [3.8, 4) is 5.69 Å². The lowest BCUT2D eigenvalue weighted by molar-refractivity contribution is -0.160. The summed E-state index contributed by atoms with van der Waals surface area (Å²) in [5, 5.41) is 11.5. The molecule has 30 heavy (non-hydrogen) atoms. The van der Waals surface area contributed by atoms with Gasteiger partial charge in [0.05, 0.1) is 18.9 Å². The lowest BCUT2D eigenvalue weighted by Gasteiger charge is -2.28. The summed E-state index contributed by atoms with van der Waals surface area (Å²) < 4.78 is 47.7. The Labute approximate surface area is 175 Å². The van der Waals surface area contributed by atoms with Crippen LogP contribution in [0.5, 0.6) is 0 Å². The molecule has 0 unspecified atom stereocenters. The van der Waals surface area contributed by atoms with Crippen LogP contribution < -0.4 is 10.2 Å². The van der Waals surface area contributed by atoms with Crippen molar-refractivity contribution in [3.63, 3.8) is 0 Å². The minimum absolute atomic E-state index is 0.120. The summed E-state index contributed by atoms with van der Waals surface area (Å²) in [6.45, 7) is 3.10. The molecule has 1 aliphatic heterocycles. The molecule has 164 valence electrons. The molecule has 1 aliphatic rings. The molecular formula is C18H22F3N5O3S. The average Bonchev–Trinajstić information content (AvgIpc) is 3.14. The minimum Gasteiger partial charge on any atom is -0.440 e. The maximum Gasteiger partial charge on any atom is 0.422 e. The van der Waals surface area contributed by atoms with E-state index in [1.807, 2.05) is 35.8 Å². The number of halogens is 3. The van der Waals surface area contributed by atoms with E-state index < -0.39 is 18.9 Å². The third-order valence-electron chi connectivity index (χ3n) is 4.14. The number of carbonyl (C=O) groups excluding carboxylic acids is 1. The van der Waals surface area contributed by atoms with E-state index in [9.17, 15) is 18.0 Å². The molecule has 0 atom stereocenters. The highest BCUT2D eigenvalue weighted by Gasteiger charge is 2.29. The van der Waals surface area contributed by atoms with E-state index in [0.717, 1.165) is 11.3 Å². The van der Waals surface area contributed by atoms with Crippen molar-refractivity contribution in [1.82, 2.24) is 20.1 Å². The van der Waals surface area contributed by atoms with Crippen LogP contribution in [0.4, 0.5) is 23.9 Å². The van der Waals surface area contributed by atoms with Crippen LogP contribution in [0.3, 0.4) is 0 Å². The molecule has 2 heterocycles. The van der Waals surface area contributed by atoms with Crippen LogP contribution >= 0.6 is 11.8 Å². The van der Waals surface area contributed by atoms with Crippen molar-refractivity contribution in [1.29, 1.82) is 0 Å². The van der Waals surface area contributed by atoms with Gasteiger partial charge in [-0.1, -0.05) is 23.9 Å². The van der Waals surface area contributed by atoms with Crippen molar-refractivity contribution < 1.29 is 27.4 Å². The summed E-state index contributed by atoms with van der Waals surface area (Å²) in [5.41, 5.74) is 1.99. The smallest absolute Gasteiger partial charge is 0.422 e. The summed E-state index contributed by atoms with van der Waals surface area (Å²) in [7, 11) is 0. The van der Waals surface area contributed by atoms with Gasteiger partial charge in [0.25, 0.3) is 0 Å². The first-order valence-corrected chi connectivity index (χ1v) is 10.3. The van der Waals surface area contributed by atoms with E-state index in [2.05, 4.69) is 25.2 Å². The number of morpholine rings is 1. The Hall–Kier alpha value is -2.47. The Balaban J connectivity index is 1.66. The number of alkyl carbamates (subject to hydrolysis) is 1. The van der Waals surface area contributed by atoms with Gasteiger partial charge >= 0.3 is 12.3 Å². The van der Waals surface area contributed by atoms with Gasteiger partial charge in [-0.25, -0.2) is 4.79 Å². The van der Waals surface area contributed by atoms with Gasteiger partial charge in [0, 0.05) is 25.4 Å². The van der Waals surface area contributed by atoms with Gasteiger partial charge in [-0.05, 0) is 24.6 Å². The zero-order valence-electron chi connectivity index (χ0n) is 16.3. The molecule has 3 rings (SSSR count). The van der Waals surface area contributed by atoms with E-state index in [-0.39, 0.29) is 6.54 Å². The molecule has 1 aromatic heterocycles. The predicted molar refractivity (Wildman–Crippen MR) is 105 cm³/mol. The van der Waals surface area contributed by atoms with E-state index in [4.69, 9.17) is 4.74 Å². The molecule has 0 aliphatic carbocycles. The van der Waals surface area contributed by atoms with Crippen LogP contribution in [0, 0.1) is 6.92 Å². The quantitative estimate of drug-likeness (QED) is 0.519. The first kappa shape index (κ1) is 22.2. The first-order valence-electron chi connectivity index (χ1n) is 9.29. The van der Waals surface area contributed by atoms with E-state index in [1.165, 1.54) is 11.8 Å². The van der Waals surface area contributed by atoms with Crippen molar-refractivity contribution in [2.45, 2.75) is 18.3 Å². The lowest BCUT2D eigenvalue weighted by atomic mass is 10.2. The second kappa shape index (κ2) is 10.0. The molecule has 1 amide bonds. The normalized spacial score (nSPS) is 14.6. The SMILES string of the molecule is Cc1cccc(-n2c(SCCNC(=O)OCC(F)(F)F)nnc2N2CCOCC2)c1. The van der Waals surface area contributed by atoms with Crippen molar-refractivity contribution in [2.75, 3.05) is 50.1 Å². The number of aromatic nitrogens is 3. The Kier molecular flexibility index (Phi) is 7.43. The van der Waals surface area contributed by atoms with Crippen LogP contribution in [0.15, 0.2) is 29.4 Å². The Bertz CT molecular complexity index is 856. The number of benzene rings is 1. The number of anilines is 1. The zero-order chi connectivity index (χ0) is 21.6. The molecule has 1 N–H and O–H groups in total. The summed E-state index contributed by atoms with van der Waals surface area (Å²) >= 11 is 1.34. The Morgan fingerprint density at radius 1 is 1.30 bits per heavy atom. The first-order chi connectivity index (χ1) is 14.3. The summed E-state index contributed by atoms with van der Waals surface area (Å²) in [4.78, 5) is 13.4. The highest BCUT2D eigenvalue weighted by Crippen LogP contribution is 2.27. The third kappa shape index (κ3) is 6.26. The maximum atomic E-state index is 12.1. The Morgan fingerprint density at radius 3 is 2.77 bits per heavy atom. The monoisotopic (exact) mass is 445 g/mol.